The zero-order chi connectivity index (χ0) is 22.5. The highest BCUT2D eigenvalue weighted by Crippen LogP contribution is 2.24. The van der Waals surface area contributed by atoms with Crippen LogP contribution in [0.5, 0.6) is 0 Å². The van der Waals surface area contributed by atoms with Crippen LogP contribution >= 0.6 is 0 Å². The van der Waals surface area contributed by atoms with Crippen LogP contribution in [-0.4, -0.2) is 53.6 Å². The van der Waals surface area contributed by atoms with Gasteiger partial charge in [-0.15, -0.1) is 0 Å². The maximum atomic E-state index is 13.1. The molecule has 0 N–H and O–H groups in total. The minimum atomic E-state index is -1.06. The van der Waals surface area contributed by atoms with E-state index in [1.54, 1.807) is 31.3 Å². The molecule has 3 amide bonds. The Morgan fingerprint density at radius 3 is 2.10 bits per heavy atom. The molecule has 0 bridgehead atoms. The number of ether oxygens (including phenoxy) is 1. The third kappa shape index (κ3) is 5.36. The predicted octanol–water partition coefficient (Wildman–Crippen LogP) is 3.44. The van der Waals surface area contributed by atoms with Crippen molar-refractivity contribution in [3.63, 3.8) is 0 Å². The van der Waals surface area contributed by atoms with Gasteiger partial charge < -0.3 is 9.64 Å². The van der Waals surface area contributed by atoms with Crippen LogP contribution in [0, 0.1) is 13.8 Å². The van der Waals surface area contributed by atoms with E-state index < -0.39 is 12.1 Å². The summed E-state index contributed by atoms with van der Waals surface area (Å²) in [5.74, 6) is -1.14. The molecule has 162 valence electrons. The molecule has 1 fully saturated rings. The van der Waals surface area contributed by atoms with E-state index in [0.29, 0.717) is 11.1 Å². The monoisotopic (exact) mass is 422 g/mol. The van der Waals surface area contributed by atoms with Crippen molar-refractivity contribution in [2.45, 2.75) is 32.8 Å². The molecule has 1 aliphatic rings. The Morgan fingerprint density at radius 2 is 1.55 bits per heavy atom. The Labute approximate surface area is 181 Å². The number of aryl methyl sites for hydroxylation is 2. The number of hydrogen-bond acceptors (Lipinski definition) is 5. The van der Waals surface area contributed by atoms with Crippen LogP contribution in [0.3, 0.4) is 0 Å². The molecule has 7 nitrogen and oxygen atoms in total. The fraction of sp³-hybridized carbons (Fsp3) is 0.333. The molecule has 1 atom stereocenters. The summed E-state index contributed by atoms with van der Waals surface area (Å²) in [4.78, 5) is 51.8. The van der Waals surface area contributed by atoms with E-state index in [2.05, 4.69) is 0 Å². The number of amides is 3. The number of benzene rings is 2. The number of Topliss-reactive ketones (excluding diaryl/α,β-unsaturated/α-hetero) is 1. The lowest BCUT2D eigenvalue weighted by molar-refractivity contribution is -0.147. The summed E-state index contributed by atoms with van der Waals surface area (Å²) in [6.45, 7) is 4.05. The Hall–Kier alpha value is -3.48. The summed E-state index contributed by atoms with van der Waals surface area (Å²) in [5, 5.41) is 0. The number of carbonyl (C=O) groups excluding carboxylic acids is 4. The topological polar surface area (TPSA) is 84.0 Å². The van der Waals surface area contributed by atoms with Crippen LogP contribution in [-0.2, 0) is 14.3 Å². The SMILES string of the molecule is Cc1ccc(C(=O)[C@@H](OC(=O)CCCN2C(=O)CN(C)C2=O)c2ccc(C)cc2)cc1. The van der Waals surface area contributed by atoms with Gasteiger partial charge in [-0.05, 0) is 20.3 Å². The standard InChI is InChI=1S/C24H26N2O5/c1-16-6-10-18(11-7-16)22(29)23(19-12-8-17(2)9-13-19)31-21(28)5-4-14-26-20(27)15-25(3)24(26)30/h6-13,23H,4-5,14-15H2,1-3H3/t23-/m0/s1. The van der Waals surface area contributed by atoms with Gasteiger partial charge in [0.1, 0.15) is 6.54 Å². The number of rotatable bonds is 8. The molecule has 0 aliphatic carbocycles. The van der Waals surface area contributed by atoms with Crippen molar-refractivity contribution >= 4 is 23.7 Å². The lowest BCUT2D eigenvalue weighted by Crippen LogP contribution is -2.32. The Kier molecular flexibility index (Phi) is 6.84. The highest BCUT2D eigenvalue weighted by molar-refractivity contribution is 6.02. The first-order valence-corrected chi connectivity index (χ1v) is 10.2. The summed E-state index contributed by atoms with van der Waals surface area (Å²) in [6.07, 6.45) is -0.801. The molecule has 0 aromatic heterocycles. The van der Waals surface area contributed by atoms with Gasteiger partial charge in [-0.25, -0.2) is 4.79 Å². The largest absolute Gasteiger partial charge is 0.449 e. The summed E-state index contributed by atoms with van der Waals surface area (Å²) in [6, 6.07) is 14.0. The van der Waals surface area contributed by atoms with Crippen LogP contribution in [0.25, 0.3) is 0 Å². The highest BCUT2D eigenvalue weighted by atomic mass is 16.5. The first-order valence-electron chi connectivity index (χ1n) is 10.2. The molecule has 31 heavy (non-hydrogen) atoms. The average Bonchev–Trinajstić information content (AvgIpc) is 2.99. The lowest BCUT2D eigenvalue weighted by atomic mass is 9.98. The Morgan fingerprint density at radius 1 is 0.968 bits per heavy atom. The van der Waals surface area contributed by atoms with Crippen LogP contribution < -0.4 is 0 Å². The fourth-order valence-electron chi connectivity index (χ4n) is 3.34. The highest BCUT2D eigenvalue weighted by Gasteiger charge is 2.33. The number of likely N-dealkylation sites (N-methyl/N-ethyl adjacent to an activating group) is 1. The van der Waals surface area contributed by atoms with E-state index in [-0.39, 0.29) is 43.7 Å². The molecular formula is C24H26N2O5. The minimum Gasteiger partial charge on any atom is -0.449 e. The maximum Gasteiger partial charge on any atom is 0.326 e. The number of nitrogens with zero attached hydrogens (tertiary/aromatic N) is 2. The Balaban J connectivity index is 1.68. The molecule has 1 aliphatic heterocycles. The maximum absolute atomic E-state index is 13.1. The van der Waals surface area contributed by atoms with E-state index in [9.17, 15) is 19.2 Å². The van der Waals surface area contributed by atoms with Gasteiger partial charge in [0.25, 0.3) is 0 Å². The van der Waals surface area contributed by atoms with Gasteiger partial charge in [0.05, 0.1) is 0 Å². The van der Waals surface area contributed by atoms with Gasteiger partial charge in [0.2, 0.25) is 11.7 Å². The quantitative estimate of drug-likeness (QED) is 0.370. The molecular weight excluding hydrogens is 396 g/mol. The number of urea groups is 1. The lowest BCUT2D eigenvalue weighted by Gasteiger charge is -2.18. The summed E-state index contributed by atoms with van der Waals surface area (Å²) >= 11 is 0. The molecule has 0 unspecified atom stereocenters. The zero-order valence-electron chi connectivity index (χ0n) is 18.0. The minimum absolute atomic E-state index is 0.00961. The number of ketones is 1. The van der Waals surface area contributed by atoms with E-state index in [1.807, 2.05) is 38.1 Å². The average molecular weight is 422 g/mol. The number of carbonyl (C=O) groups is 4. The molecule has 2 aromatic rings. The van der Waals surface area contributed by atoms with E-state index in [1.165, 1.54) is 4.90 Å². The predicted molar refractivity (Wildman–Crippen MR) is 114 cm³/mol. The molecule has 1 heterocycles. The van der Waals surface area contributed by atoms with E-state index in [0.717, 1.165) is 16.0 Å². The smallest absolute Gasteiger partial charge is 0.326 e. The van der Waals surface area contributed by atoms with Gasteiger partial charge in [-0.1, -0.05) is 59.7 Å². The van der Waals surface area contributed by atoms with Crippen LogP contribution in [0.2, 0.25) is 0 Å². The zero-order valence-corrected chi connectivity index (χ0v) is 18.0. The van der Waals surface area contributed by atoms with Crippen molar-refractivity contribution in [3.05, 3.63) is 70.8 Å². The second-order valence-corrected chi connectivity index (χ2v) is 7.80. The number of hydrogen-bond donors (Lipinski definition) is 0. The first-order chi connectivity index (χ1) is 14.8. The van der Waals surface area contributed by atoms with Crippen molar-refractivity contribution in [3.8, 4) is 0 Å². The summed E-state index contributed by atoms with van der Waals surface area (Å²) < 4.78 is 5.58. The van der Waals surface area contributed by atoms with Gasteiger partial charge in [-0.3, -0.25) is 19.3 Å². The molecule has 2 aromatic carbocycles. The molecule has 1 saturated heterocycles. The second kappa shape index (κ2) is 9.55. The van der Waals surface area contributed by atoms with Crippen molar-refractivity contribution in [2.24, 2.45) is 0 Å². The second-order valence-electron chi connectivity index (χ2n) is 7.80. The van der Waals surface area contributed by atoms with Crippen molar-refractivity contribution in [2.75, 3.05) is 20.1 Å². The van der Waals surface area contributed by atoms with Crippen molar-refractivity contribution < 1.29 is 23.9 Å². The molecule has 0 spiro atoms. The van der Waals surface area contributed by atoms with Crippen LogP contribution in [0.15, 0.2) is 48.5 Å². The fourth-order valence-corrected chi connectivity index (χ4v) is 3.34. The normalized spacial score (nSPS) is 14.7. The van der Waals surface area contributed by atoms with Gasteiger partial charge in [0, 0.05) is 31.1 Å². The van der Waals surface area contributed by atoms with E-state index >= 15 is 0 Å². The number of esters is 1. The van der Waals surface area contributed by atoms with Gasteiger partial charge >= 0.3 is 12.0 Å². The summed E-state index contributed by atoms with van der Waals surface area (Å²) in [5.41, 5.74) is 3.11. The van der Waals surface area contributed by atoms with E-state index in [4.69, 9.17) is 4.74 Å². The molecule has 7 heteroatoms. The van der Waals surface area contributed by atoms with Crippen molar-refractivity contribution in [1.29, 1.82) is 0 Å². The van der Waals surface area contributed by atoms with Gasteiger partial charge in [-0.2, -0.15) is 0 Å². The van der Waals surface area contributed by atoms with Crippen LogP contribution in [0.1, 0.15) is 46.0 Å². The van der Waals surface area contributed by atoms with Gasteiger partial charge in [0.15, 0.2) is 6.10 Å². The Bertz CT molecular complexity index is 982. The summed E-state index contributed by atoms with van der Waals surface area (Å²) in [7, 11) is 1.55. The number of imide groups is 1. The third-order valence-electron chi connectivity index (χ3n) is 5.20. The molecule has 0 radical (unpaired) electrons. The molecule has 0 saturated carbocycles. The van der Waals surface area contributed by atoms with Crippen molar-refractivity contribution in [1.82, 2.24) is 9.80 Å². The first kappa shape index (κ1) is 22.2. The molecule has 3 rings (SSSR count). The third-order valence-corrected chi connectivity index (χ3v) is 5.20. The van der Waals surface area contributed by atoms with Crippen LogP contribution in [0.4, 0.5) is 4.79 Å².